The molecular formula is C14H17F3. The lowest BCUT2D eigenvalue weighted by Gasteiger charge is -2.21. The first-order valence-corrected chi connectivity index (χ1v) is 5.92. The Morgan fingerprint density at radius 2 is 1.76 bits per heavy atom. The summed E-state index contributed by atoms with van der Waals surface area (Å²) in [4.78, 5) is 0. The van der Waals surface area contributed by atoms with Gasteiger partial charge in [0.1, 0.15) is 0 Å². The van der Waals surface area contributed by atoms with Gasteiger partial charge in [0.25, 0.3) is 0 Å². The molecule has 94 valence electrons. The highest BCUT2D eigenvalue weighted by molar-refractivity contribution is 5.22. The normalized spacial score (nSPS) is 24.4. The van der Waals surface area contributed by atoms with Gasteiger partial charge < -0.3 is 0 Å². The zero-order valence-corrected chi connectivity index (χ0v) is 10.1. The fourth-order valence-corrected chi connectivity index (χ4v) is 2.41. The second kappa shape index (κ2) is 4.04. The van der Waals surface area contributed by atoms with E-state index in [1.165, 1.54) is 0 Å². The van der Waals surface area contributed by atoms with Crippen molar-refractivity contribution in [1.29, 1.82) is 0 Å². The summed E-state index contributed by atoms with van der Waals surface area (Å²) in [5.74, 6) is -1.11. The van der Waals surface area contributed by atoms with Gasteiger partial charge in [-0.15, -0.1) is 0 Å². The van der Waals surface area contributed by atoms with Crippen molar-refractivity contribution in [2.24, 2.45) is 11.3 Å². The SMILES string of the molecule is CC1(C)CC1C[C@H](c1ccccc1)C(F)(F)F. The van der Waals surface area contributed by atoms with Crippen LogP contribution in [0.5, 0.6) is 0 Å². The van der Waals surface area contributed by atoms with Gasteiger partial charge in [-0.25, -0.2) is 0 Å². The molecule has 1 aromatic rings. The van der Waals surface area contributed by atoms with E-state index in [1.807, 2.05) is 13.8 Å². The summed E-state index contributed by atoms with van der Waals surface area (Å²) < 4.78 is 39.1. The monoisotopic (exact) mass is 242 g/mol. The highest BCUT2D eigenvalue weighted by atomic mass is 19.4. The summed E-state index contributed by atoms with van der Waals surface area (Å²) in [7, 11) is 0. The summed E-state index contributed by atoms with van der Waals surface area (Å²) in [6.07, 6.45) is -3.01. The number of benzene rings is 1. The Kier molecular flexibility index (Phi) is 2.96. The summed E-state index contributed by atoms with van der Waals surface area (Å²) in [5.41, 5.74) is 0.487. The van der Waals surface area contributed by atoms with E-state index in [1.54, 1.807) is 30.3 Å². The summed E-state index contributed by atoms with van der Waals surface area (Å²) in [6.45, 7) is 4.08. The number of halogens is 3. The highest BCUT2D eigenvalue weighted by Gasteiger charge is 2.51. The molecule has 0 N–H and O–H groups in total. The van der Waals surface area contributed by atoms with E-state index in [-0.39, 0.29) is 17.8 Å². The fourth-order valence-electron chi connectivity index (χ4n) is 2.41. The lowest BCUT2D eigenvalue weighted by atomic mass is 9.91. The zero-order chi connectivity index (χ0) is 12.7. The topological polar surface area (TPSA) is 0 Å². The molecule has 0 nitrogen and oxygen atoms in total. The first-order chi connectivity index (χ1) is 7.81. The Morgan fingerprint density at radius 3 is 2.18 bits per heavy atom. The summed E-state index contributed by atoms with van der Waals surface area (Å²) >= 11 is 0. The lowest BCUT2D eigenvalue weighted by Crippen LogP contribution is -2.22. The van der Waals surface area contributed by atoms with Crippen molar-refractivity contribution in [2.45, 2.75) is 38.8 Å². The van der Waals surface area contributed by atoms with E-state index >= 15 is 0 Å². The molecule has 0 radical (unpaired) electrons. The maximum atomic E-state index is 13.0. The Morgan fingerprint density at radius 1 is 1.24 bits per heavy atom. The van der Waals surface area contributed by atoms with Crippen molar-refractivity contribution in [3.05, 3.63) is 35.9 Å². The molecule has 0 heterocycles. The average Bonchev–Trinajstić information content (AvgIpc) is 2.82. The maximum Gasteiger partial charge on any atom is 0.395 e. The minimum atomic E-state index is -4.14. The lowest BCUT2D eigenvalue weighted by molar-refractivity contribution is -0.153. The average molecular weight is 242 g/mol. The molecule has 1 aliphatic carbocycles. The Hall–Kier alpha value is -0.990. The first-order valence-electron chi connectivity index (χ1n) is 5.92. The van der Waals surface area contributed by atoms with Crippen molar-refractivity contribution in [3.63, 3.8) is 0 Å². The molecule has 17 heavy (non-hydrogen) atoms. The van der Waals surface area contributed by atoms with E-state index in [4.69, 9.17) is 0 Å². The van der Waals surface area contributed by atoms with Crippen LogP contribution in [0.4, 0.5) is 13.2 Å². The molecule has 3 heteroatoms. The van der Waals surface area contributed by atoms with Crippen LogP contribution in [-0.4, -0.2) is 6.18 Å². The zero-order valence-electron chi connectivity index (χ0n) is 10.1. The first kappa shape index (κ1) is 12.5. The number of hydrogen-bond donors (Lipinski definition) is 0. The van der Waals surface area contributed by atoms with Crippen LogP contribution in [0.15, 0.2) is 30.3 Å². The van der Waals surface area contributed by atoms with Crippen LogP contribution < -0.4 is 0 Å². The van der Waals surface area contributed by atoms with Crippen molar-refractivity contribution in [3.8, 4) is 0 Å². The predicted molar refractivity (Wildman–Crippen MR) is 61.7 cm³/mol. The molecule has 0 bridgehead atoms. The molecular weight excluding hydrogens is 225 g/mol. The molecule has 1 saturated carbocycles. The highest BCUT2D eigenvalue weighted by Crippen LogP contribution is 2.57. The molecule has 1 unspecified atom stereocenters. The molecule has 1 fully saturated rings. The van der Waals surface area contributed by atoms with Crippen molar-refractivity contribution >= 4 is 0 Å². The molecule has 0 saturated heterocycles. The molecule has 1 aromatic carbocycles. The van der Waals surface area contributed by atoms with Crippen LogP contribution >= 0.6 is 0 Å². The van der Waals surface area contributed by atoms with Gasteiger partial charge in [0.2, 0.25) is 0 Å². The molecule has 1 aliphatic rings. The van der Waals surface area contributed by atoms with E-state index in [0.717, 1.165) is 6.42 Å². The summed E-state index contributed by atoms with van der Waals surface area (Å²) in [5, 5.41) is 0. The number of hydrogen-bond acceptors (Lipinski definition) is 0. The van der Waals surface area contributed by atoms with Crippen LogP contribution in [0.2, 0.25) is 0 Å². The van der Waals surface area contributed by atoms with Crippen LogP contribution in [0.1, 0.15) is 38.2 Å². The van der Waals surface area contributed by atoms with Crippen molar-refractivity contribution in [2.75, 3.05) is 0 Å². The summed E-state index contributed by atoms with van der Waals surface area (Å²) in [6, 6.07) is 8.25. The van der Waals surface area contributed by atoms with E-state index in [0.29, 0.717) is 5.56 Å². The van der Waals surface area contributed by atoms with Gasteiger partial charge >= 0.3 is 6.18 Å². The van der Waals surface area contributed by atoms with Crippen LogP contribution in [0.3, 0.4) is 0 Å². The molecule has 2 rings (SSSR count). The second-order valence-corrected chi connectivity index (χ2v) is 5.63. The van der Waals surface area contributed by atoms with Gasteiger partial charge in [0.15, 0.2) is 0 Å². The van der Waals surface area contributed by atoms with Crippen LogP contribution in [0.25, 0.3) is 0 Å². The van der Waals surface area contributed by atoms with E-state index in [9.17, 15) is 13.2 Å². The third-order valence-electron chi connectivity index (χ3n) is 3.83. The van der Waals surface area contributed by atoms with Gasteiger partial charge in [0, 0.05) is 0 Å². The standard InChI is InChI=1S/C14H17F3/c1-13(2)9-11(13)8-12(14(15,16)17)10-6-4-3-5-7-10/h3-7,11-12H,8-9H2,1-2H3/t11?,12-/m1/s1. The minimum Gasteiger partial charge on any atom is -0.170 e. The van der Waals surface area contributed by atoms with Crippen LogP contribution in [0, 0.1) is 11.3 Å². The third kappa shape index (κ3) is 2.82. The van der Waals surface area contributed by atoms with Gasteiger partial charge in [0.05, 0.1) is 5.92 Å². The molecule has 0 aromatic heterocycles. The quantitative estimate of drug-likeness (QED) is 0.716. The number of alkyl halides is 3. The number of rotatable bonds is 3. The Labute approximate surface area is 99.8 Å². The smallest absolute Gasteiger partial charge is 0.170 e. The van der Waals surface area contributed by atoms with Gasteiger partial charge in [-0.3, -0.25) is 0 Å². The maximum absolute atomic E-state index is 13.0. The van der Waals surface area contributed by atoms with Crippen LogP contribution in [-0.2, 0) is 0 Å². The van der Waals surface area contributed by atoms with Gasteiger partial charge in [-0.1, -0.05) is 44.2 Å². The molecule has 0 aliphatic heterocycles. The molecule has 0 spiro atoms. The fraction of sp³-hybridized carbons (Fsp3) is 0.571. The van der Waals surface area contributed by atoms with Crippen molar-refractivity contribution < 1.29 is 13.2 Å². The second-order valence-electron chi connectivity index (χ2n) is 5.63. The Balaban J connectivity index is 2.16. The van der Waals surface area contributed by atoms with Gasteiger partial charge in [-0.05, 0) is 29.7 Å². The molecule has 0 amide bonds. The third-order valence-corrected chi connectivity index (χ3v) is 3.83. The largest absolute Gasteiger partial charge is 0.395 e. The van der Waals surface area contributed by atoms with Crippen molar-refractivity contribution in [1.82, 2.24) is 0 Å². The van der Waals surface area contributed by atoms with Gasteiger partial charge in [-0.2, -0.15) is 13.2 Å². The predicted octanol–water partition coefficient (Wildman–Crippen LogP) is 4.77. The van der Waals surface area contributed by atoms with E-state index in [2.05, 4.69) is 0 Å². The minimum absolute atomic E-state index is 0.0955. The molecule has 2 atom stereocenters. The Bertz CT molecular complexity index is 378. The van der Waals surface area contributed by atoms with E-state index < -0.39 is 12.1 Å².